The van der Waals surface area contributed by atoms with E-state index < -0.39 is 36.6 Å². The average Bonchev–Trinajstić information content (AvgIpc) is 3.06. The van der Waals surface area contributed by atoms with Crippen molar-refractivity contribution in [1.82, 2.24) is 0 Å². The zero-order valence-corrected chi connectivity index (χ0v) is 27.4. The molecule has 0 aromatic heterocycles. The van der Waals surface area contributed by atoms with E-state index in [4.69, 9.17) is 4.74 Å². The molecule has 252 valence electrons. The van der Waals surface area contributed by atoms with E-state index in [9.17, 15) is 31.0 Å². The summed E-state index contributed by atoms with van der Waals surface area (Å²) in [4.78, 5) is -0.902. The van der Waals surface area contributed by atoms with Crippen LogP contribution < -0.4 is 10.1 Å². The van der Waals surface area contributed by atoms with Crippen LogP contribution in [0.15, 0.2) is 133 Å². The molecule has 13 nitrogen and oxygen atoms in total. The number of anilines is 2. The minimum atomic E-state index is -4.85. The van der Waals surface area contributed by atoms with Gasteiger partial charge in [-0.2, -0.15) is 21.9 Å². The van der Waals surface area contributed by atoms with E-state index in [1.807, 2.05) is 30.3 Å². The molecule has 0 aliphatic rings. The number of para-hydroxylation sites is 1. The van der Waals surface area contributed by atoms with Gasteiger partial charge in [-0.15, -0.1) is 15.3 Å². The Balaban J connectivity index is 0.00000292. The summed E-state index contributed by atoms with van der Waals surface area (Å²) in [6, 6.07) is 27.7. The molecule has 0 amide bonds. The second-order valence-electron chi connectivity index (χ2n) is 10.8. The van der Waals surface area contributed by atoms with Gasteiger partial charge in [0, 0.05) is 33.6 Å². The molecular formula is C34H29N5Na2O8S2. The molecule has 6 aromatic rings. The molecule has 0 heterocycles. The van der Waals surface area contributed by atoms with Crippen LogP contribution in [-0.4, -0.2) is 97.3 Å². The topological polar surface area (TPSA) is 200 Å². The van der Waals surface area contributed by atoms with Crippen LogP contribution in [0.3, 0.4) is 0 Å². The first kappa shape index (κ1) is 40.0. The number of phenolic OH excluding ortho intramolecular Hbond substituents is 1. The summed E-state index contributed by atoms with van der Waals surface area (Å²) >= 11 is 0. The van der Waals surface area contributed by atoms with E-state index >= 15 is 0 Å². The average molecular weight is 746 g/mol. The second-order valence-corrected chi connectivity index (χ2v) is 13.6. The molecule has 6 aromatic carbocycles. The number of rotatable bonds is 9. The molecule has 0 saturated carbocycles. The Hall–Kier alpha value is -3.74. The summed E-state index contributed by atoms with van der Waals surface area (Å²) in [6.07, 6.45) is 0. The van der Waals surface area contributed by atoms with Crippen molar-refractivity contribution in [2.24, 2.45) is 20.5 Å². The van der Waals surface area contributed by atoms with Crippen LogP contribution in [0.25, 0.3) is 21.5 Å². The molecule has 17 heteroatoms. The molecule has 6 rings (SSSR count). The summed E-state index contributed by atoms with van der Waals surface area (Å²) in [6.45, 7) is 1.71. The first-order chi connectivity index (χ1) is 23.3. The third-order valence-electron chi connectivity index (χ3n) is 7.55. The first-order valence-electron chi connectivity index (χ1n) is 14.4. The molecule has 0 aliphatic heterocycles. The maximum atomic E-state index is 12.4. The van der Waals surface area contributed by atoms with Crippen LogP contribution in [0.5, 0.6) is 11.5 Å². The Labute approximate surface area is 337 Å². The Morgan fingerprint density at radius 1 is 0.608 bits per heavy atom. The minimum absolute atomic E-state index is 0. The summed E-state index contributed by atoms with van der Waals surface area (Å²) < 4.78 is 73.7. The van der Waals surface area contributed by atoms with Crippen LogP contribution in [0, 0.1) is 6.92 Å². The number of ether oxygens (including phenoxy) is 1. The summed E-state index contributed by atoms with van der Waals surface area (Å²) in [5.41, 5.74) is 2.38. The molecule has 0 saturated heterocycles. The van der Waals surface area contributed by atoms with Crippen molar-refractivity contribution in [2.45, 2.75) is 16.7 Å². The van der Waals surface area contributed by atoms with E-state index in [0.29, 0.717) is 33.4 Å². The number of azo groups is 2. The van der Waals surface area contributed by atoms with Gasteiger partial charge in [0.1, 0.15) is 26.9 Å². The molecule has 51 heavy (non-hydrogen) atoms. The summed E-state index contributed by atoms with van der Waals surface area (Å²) in [5.74, 6) is -0.325. The number of aromatic hydroxyl groups is 1. The van der Waals surface area contributed by atoms with Crippen molar-refractivity contribution in [2.75, 3.05) is 12.4 Å². The zero-order chi connectivity index (χ0) is 34.9. The number of benzene rings is 6. The SMILES string of the molecule is COc1cc(/N=N/c2cccc3c(S(=O)(=O)O)cccc23)c(C)cc1/N=N/c1c(S(=O)(=O)O)cc2cc(Nc3ccccc3)ccc2c1O.[NaH].[NaH]. The van der Waals surface area contributed by atoms with Crippen molar-refractivity contribution in [3.63, 3.8) is 0 Å². The Morgan fingerprint density at radius 2 is 1.25 bits per heavy atom. The molecule has 0 aliphatic carbocycles. The molecule has 0 spiro atoms. The molecule has 0 fully saturated rings. The standard InChI is InChI=1S/C34H27N5O8S2.2Na.2H/c1-20-16-29(30(47-2)19-28(20)37-36-27-12-6-11-26-25(27)10-7-13-31(26)48(41,42)43)38-39-33-32(49(44,45)46)18-21-17-23(14-15-24(21)34(33)40)35-22-8-4-3-5-9-22;;;;/h3-19,35,40H,1-2H3,(H,41,42,43)(H,44,45,46);;;;/b37-36+,39-38+;;;;. The van der Waals surface area contributed by atoms with Gasteiger partial charge < -0.3 is 15.2 Å². The normalized spacial score (nSPS) is 11.8. The molecule has 0 bridgehead atoms. The van der Waals surface area contributed by atoms with Crippen molar-refractivity contribution in [1.29, 1.82) is 0 Å². The van der Waals surface area contributed by atoms with Gasteiger partial charge in [0.05, 0.1) is 18.5 Å². The van der Waals surface area contributed by atoms with Crippen LogP contribution in [0.1, 0.15) is 5.56 Å². The number of aryl methyl sites for hydroxylation is 1. The van der Waals surface area contributed by atoms with Crippen molar-refractivity contribution < 1.29 is 35.8 Å². The molecule has 0 atom stereocenters. The van der Waals surface area contributed by atoms with E-state index in [0.717, 1.165) is 5.69 Å². The third-order valence-corrected chi connectivity index (χ3v) is 9.33. The van der Waals surface area contributed by atoms with Crippen LogP contribution in [0.2, 0.25) is 0 Å². The van der Waals surface area contributed by atoms with Gasteiger partial charge in [0.15, 0.2) is 5.75 Å². The van der Waals surface area contributed by atoms with Crippen LogP contribution >= 0.6 is 0 Å². The van der Waals surface area contributed by atoms with Gasteiger partial charge in [-0.25, -0.2) is 0 Å². The number of phenols is 1. The van der Waals surface area contributed by atoms with E-state index in [1.54, 1.807) is 55.5 Å². The van der Waals surface area contributed by atoms with Gasteiger partial charge in [-0.3, -0.25) is 9.11 Å². The predicted octanol–water partition coefficient (Wildman–Crippen LogP) is 7.79. The van der Waals surface area contributed by atoms with E-state index in [2.05, 4.69) is 25.8 Å². The Kier molecular flexibility index (Phi) is 12.8. The zero-order valence-electron chi connectivity index (χ0n) is 25.8. The number of nitrogens with one attached hydrogen (secondary N) is 1. The van der Waals surface area contributed by atoms with Gasteiger partial charge >= 0.3 is 59.1 Å². The van der Waals surface area contributed by atoms with E-state index in [-0.39, 0.29) is 86.2 Å². The Bertz CT molecular complexity index is 2550. The maximum absolute atomic E-state index is 12.4. The molecule has 0 unspecified atom stereocenters. The summed E-state index contributed by atoms with van der Waals surface area (Å²) in [5, 5.41) is 32.5. The van der Waals surface area contributed by atoms with Crippen molar-refractivity contribution in [3.05, 3.63) is 109 Å². The quantitative estimate of drug-likeness (QED) is 0.0648. The number of fused-ring (bicyclic) bond motifs is 2. The third kappa shape index (κ3) is 8.84. The predicted molar refractivity (Wildman–Crippen MR) is 199 cm³/mol. The molecular weight excluding hydrogens is 717 g/mol. The number of hydrogen-bond acceptors (Lipinski definition) is 11. The van der Waals surface area contributed by atoms with Gasteiger partial charge in [-0.1, -0.05) is 42.5 Å². The van der Waals surface area contributed by atoms with Gasteiger partial charge in [-0.05, 0) is 72.5 Å². The molecule has 4 N–H and O–H groups in total. The second kappa shape index (κ2) is 16.3. The van der Waals surface area contributed by atoms with Crippen molar-refractivity contribution >= 4 is 135 Å². The fourth-order valence-corrected chi connectivity index (χ4v) is 6.57. The fourth-order valence-electron chi connectivity index (χ4n) is 5.21. The van der Waals surface area contributed by atoms with Crippen molar-refractivity contribution in [3.8, 4) is 11.5 Å². The molecule has 0 radical (unpaired) electrons. The van der Waals surface area contributed by atoms with Gasteiger partial charge in [0.25, 0.3) is 20.2 Å². The number of methoxy groups -OCH3 is 1. The fraction of sp³-hybridized carbons (Fsp3) is 0.0588. The Morgan fingerprint density at radius 3 is 1.94 bits per heavy atom. The summed E-state index contributed by atoms with van der Waals surface area (Å²) in [7, 11) is -7.95. The first-order valence-corrected chi connectivity index (χ1v) is 17.3. The van der Waals surface area contributed by atoms with Crippen LogP contribution in [-0.2, 0) is 20.2 Å². The van der Waals surface area contributed by atoms with E-state index in [1.165, 1.54) is 31.4 Å². The number of nitrogens with zero attached hydrogens (tertiary/aromatic N) is 4. The van der Waals surface area contributed by atoms with Gasteiger partial charge in [0.2, 0.25) is 0 Å². The number of hydrogen-bond donors (Lipinski definition) is 4. The van der Waals surface area contributed by atoms with Crippen LogP contribution in [0.4, 0.5) is 34.1 Å². The monoisotopic (exact) mass is 745 g/mol.